The molecule has 0 unspecified atom stereocenters. The number of rotatable bonds is 6. The van der Waals surface area contributed by atoms with E-state index in [2.05, 4.69) is 24.9 Å². The Morgan fingerprint density at radius 1 is 1.29 bits per heavy atom. The number of fused-ring (bicyclic) bond motifs is 1. The highest BCUT2D eigenvalue weighted by atomic mass is 35.5. The monoisotopic (exact) mass is 506 g/mol. The van der Waals surface area contributed by atoms with Gasteiger partial charge in [0.25, 0.3) is 0 Å². The number of allylic oxidation sites excluding steroid dienone is 6. The average molecular weight is 507 g/mol. The summed E-state index contributed by atoms with van der Waals surface area (Å²) in [5, 5.41) is 10.2. The molecule has 3 rings (SSSR count). The number of hydrogen-bond donors (Lipinski definition) is 1. The normalized spacial score (nSPS) is 22.4. The molecule has 35 heavy (non-hydrogen) atoms. The van der Waals surface area contributed by atoms with Crippen molar-refractivity contribution in [1.82, 2.24) is 9.88 Å². The molecule has 1 N–H and O–H groups in total. The summed E-state index contributed by atoms with van der Waals surface area (Å²) in [7, 11) is 0. The number of ketones is 2. The minimum atomic E-state index is -4.50. The first kappa shape index (κ1) is 26.6. The van der Waals surface area contributed by atoms with E-state index in [4.69, 9.17) is 11.6 Å². The topological polar surface area (TPSA) is 70.5 Å². The Bertz CT molecular complexity index is 1190. The number of pyridine rings is 1. The van der Waals surface area contributed by atoms with Gasteiger partial charge in [0.1, 0.15) is 0 Å². The lowest BCUT2D eigenvalue weighted by molar-refractivity contribution is -0.144. The predicted octanol–water partition coefficient (Wildman–Crippen LogP) is 5.63. The summed E-state index contributed by atoms with van der Waals surface area (Å²) in [6.45, 7) is 7.23. The zero-order valence-corrected chi connectivity index (χ0v) is 20.5. The Morgan fingerprint density at radius 3 is 2.54 bits per heavy atom. The van der Waals surface area contributed by atoms with Crippen molar-refractivity contribution < 1.29 is 27.9 Å². The number of nitrogens with zero attached hydrogens (tertiary/aromatic N) is 2. The van der Waals surface area contributed by atoms with E-state index in [1.807, 2.05) is 13.0 Å². The van der Waals surface area contributed by atoms with Gasteiger partial charge in [-0.05, 0) is 44.1 Å². The SMILES string of the molecule is CC[C@H](C)/C=C(C)/C=C/C1=CC2=C(Cl)C(=O)[C@](C)(O)C(=O)C2=CN1Cc1ccc(C(F)(F)F)cn1. The van der Waals surface area contributed by atoms with Gasteiger partial charge < -0.3 is 10.0 Å². The minimum absolute atomic E-state index is 0.0375. The molecule has 1 aromatic heterocycles. The van der Waals surface area contributed by atoms with Crippen LogP contribution in [-0.2, 0) is 22.3 Å². The van der Waals surface area contributed by atoms with Crippen LogP contribution in [0.25, 0.3) is 0 Å². The summed E-state index contributed by atoms with van der Waals surface area (Å²) in [5.74, 6) is -1.33. The van der Waals surface area contributed by atoms with E-state index in [0.29, 0.717) is 17.3 Å². The number of carbonyl (C=O) groups excluding carboxylic acids is 2. The Hall–Kier alpha value is -2.97. The maximum absolute atomic E-state index is 12.9. The van der Waals surface area contributed by atoms with Crippen molar-refractivity contribution in [2.75, 3.05) is 0 Å². The molecule has 0 saturated heterocycles. The fourth-order valence-corrected chi connectivity index (χ4v) is 3.99. The predicted molar refractivity (Wildman–Crippen MR) is 127 cm³/mol. The van der Waals surface area contributed by atoms with Crippen molar-refractivity contribution in [3.63, 3.8) is 0 Å². The third-order valence-electron chi connectivity index (χ3n) is 5.96. The molecule has 0 spiro atoms. The second-order valence-corrected chi connectivity index (χ2v) is 9.24. The van der Waals surface area contributed by atoms with Crippen molar-refractivity contribution in [1.29, 1.82) is 0 Å². The van der Waals surface area contributed by atoms with Crippen LogP contribution in [0.15, 0.2) is 76.3 Å². The third kappa shape index (κ3) is 5.65. The quantitative estimate of drug-likeness (QED) is 0.400. The Balaban J connectivity index is 2.04. The van der Waals surface area contributed by atoms with Crippen molar-refractivity contribution in [2.45, 2.75) is 52.4 Å². The van der Waals surface area contributed by atoms with Gasteiger partial charge in [0, 0.05) is 29.2 Å². The fourth-order valence-electron chi connectivity index (χ4n) is 3.65. The van der Waals surface area contributed by atoms with Crippen LogP contribution in [0.4, 0.5) is 13.2 Å². The first-order chi connectivity index (χ1) is 16.3. The largest absolute Gasteiger partial charge is 0.417 e. The first-order valence-electron chi connectivity index (χ1n) is 11.1. The number of alkyl halides is 3. The molecule has 1 aliphatic carbocycles. The summed E-state index contributed by atoms with van der Waals surface area (Å²) >= 11 is 6.23. The average Bonchev–Trinajstić information content (AvgIpc) is 2.80. The molecule has 9 heteroatoms. The first-order valence-corrected chi connectivity index (χ1v) is 11.4. The fraction of sp³-hybridized carbons (Fsp3) is 0.346. The van der Waals surface area contributed by atoms with Gasteiger partial charge in [-0.15, -0.1) is 0 Å². The van der Waals surface area contributed by atoms with E-state index in [0.717, 1.165) is 31.2 Å². The highest BCUT2D eigenvalue weighted by Crippen LogP contribution is 2.38. The Morgan fingerprint density at radius 2 is 1.97 bits per heavy atom. The van der Waals surface area contributed by atoms with Crippen LogP contribution in [0.5, 0.6) is 0 Å². The van der Waals surface area contributed by atoms with Crippen LogP contribution in [0.2, 0.25) is 0 Å². The number of hydrogen-bond acceptors (Lipinski definition) is 5. The van der Waals surface area contributed by atoms with Gasteiger partial charge in [0.15, 0.2) is 5.60 Å². The molecule has 1 aliphatic heterocycles. The summed E-state index contributed by atoms with van der Waals surface area (Å²) in [4.78, 5) is 30.9. The Kier molecular flexibility index (Phi) is 7.57. The van der Waals surface area contributed by atoms with E-state index in [9.17, 15) is 27.9 Å². The molecule has 0 bridgehead atoms. The van der Waals surface area contributed by atoms with Gasteiger partial charge >= 0.3 is 6.18 Å². The van der Waals surface area contributed by atoms with Crippen molar-refractivity contribution in [2.24, 2.45) is 5.92 Å². The van der Waals surface area contributed by atoms with Crippen LogP contribution < -0.4 is 0 Å². The second-order valence-electron chi connectivity index (χ2n) is 8.86. The molecule has 0 fully saturated rings. The molecule has 0 aromatic carbocycles. The third-order valence-corrected chi connectivity index (χ3v) is 6.33. The van der Waals surface area contributed by atoms with E-state index < -0.39 is 28.9 Å². The van der Waals surface area contributed by atoms with Gasteiger partial charge in [-0.3, -0.25) is 14.6 Å². The van der Waals surface area contributed by atoms with Gasteiger partial charge in [0.05, 0.1) is 22.8 Å². The molecule has 0 radical (unpaired) electrons. The summed E-state index contributed by atoms with van der Waals surface area (Å²) in [6.07, 6.45) is 5.94. The second kappa shape index (κ2) is 9.95. The smallest absolute Gasteiger partial charge is 0.374 e. The molecule has 1 aromatic rings. The number of aromatic nitrogens is 1. The van der Waals surface area contributed by atoms with E-state index in [1.165, 1.54) is 12.3 Å². The molecule has 2 atom stereocenters. The van der Waals surface area contributed by atoms with Crippen LogP contribution in [0.3, 0.4) is 0 Å². The highest BCUT2D eigenvalue weighted by Gasteiger charge is 2.48. The van der Waals surface area contributed by atoms with Crippen molar-refractivity contribution >= 4 is 23.2 Å². The van der Waals surface area contributed by atoms with Crippen LogP contribution in [0.1, 0.15) is 45.4 Å². The summed E-state index contributed by atoms with van der Waals surface area (Å²) in [5.41, 5.74) is -1.09. The molecule has 186 valence electrons. The standard InChI is InChI=1S/C26H26ClF3N2O3/c1-5-15(2)10-16(3)6-9-19-11-20-21(23(33)25(4,35)24(34)22(20)27)14-32(19)13-18-8-7-17(12-31-18)26(28,29)30/h6-12,14-15,35H,5,13H2,1-4H3/b9-6+,16-10+/t15-,25+/m0/s1. The van der Waals surface area contributed by atoms with E-state index >= 15 is 0 Å². The van der Waals surface area contributed by atoms with Crippen LogP contribution >= 0.6 is 11.6 Å². The Labute approximate surface area is 207 Å². The van der Waals surface area contributed by atoms with Crippen molar-refractivity contribution in [3.8, 4) is 0 Å². The number of aliphatic hydroxyl groups is 1. The van der Waals surface area contributed by atoms with Gasteiger partial charge in [-0.1, -0.05) is 49.6 Å². The maximum atomic E-state index is 12.9. The van der Waals surface area contributed by atoms with Gasteiger partial charge in [-0.2, -0.15) is 13.2 Å². The number of carbonyl (C=O) groups is 2. The molecule has 2 aliphatic rings. The molecular weight excluding hydrogens is 481 g/mol. The van der Waals surface area contributed by atoms with E-state index in [-0.39, 0.29) is 22.7 Å². The van der Waals surface area contributed by atoms with Gasteiger partial charge in [0.2, 0.25) is 11.6 Å². The zero-order chi connectivity index (χ0) is 26.1. The highest BCUT2D eigenvalue weighted by molar-refractivity contribution is 6.49. The zero-order valence-electron chi connectivity index (χ0n) is 19.8. The maximum Gasteiger partial charge on any atom is 0.417 e. The molecule has 2 heterocycles. The molecule has 5 nitrogen and oxygen atoms in total. The van der Waals surface area contributed by atoms with Crippen LogP contribution in [-0.4, -0.2) is 32.2 Å². The molecular formula is C26H26ClF3N2O3. The van der Waals surface area contributed by atoms with Crippen molar-refractivity contribution in [3.05, 3.63) is 87.5 Å². The van der Waals surface area contributed by atoms with E-state index in [1.54, 1.807) is 17.1 Å². The minimum Gasteiger partial charge on any atom is -0.374 e. The number of Topliss-reactive ketones (excluding diaryl/α,β-unsaturated/α-hetero) is 2. The molecule has 0 amide bonds. The molecule has 0 saturated carbocycles. The lowest BCUT2D eigenvalue weighted by atomic mass is 9.79. The lowest BCUT2D eigenvalue weighted by Crippen LogP contribution is -2.48. The lowest BCUT2D eigenvalue weighted by Gasteiger charge is -2.33. The summed E-state index contributed by atoms with van der Waals surface area (Å²) in [6, 6.07) is 2.20. The number of halogens is 4. The van der Waals surface area contributed by atoms with Crippen LogP contribution in [0, 0.1) is 5.92 Å². The summed E-state index contributed by atoms with van der Waals surface area (Å²) < 4.78 is 38.7. The van der Waals surface area contributed by atoms with Gasteiger partial charge in [-0.25, -0.2) is 0 Å².